The number of benzene rings is 2. The number of carbonyl (C=O) groups excluding carboxylic acids is 2. The Kier molecular flexibility index (Phi) is 4.39. The molecule has 2 aliphatic rings. The Bertz CT molecular complexity index is 902. The van der Waals surface area contributed by atoms with Gasteiger partial charge in [-0.25, -0.2) is 0 Å². The summed E-state index contributed by atoms with van der Waals surface area (Å²) < 4.78 is 5.61. The van der Waals surface area contributed by atoms with Gasteiger partial charge in [-0.1, -0.05) is 11.6 Å². The average Bonchev–Trinajstić information content (AvgIpc) is 3.48. The number of fused-ring (bicyclic) bond motifs is 1. The van der Waals surface area contributed by atoms with Gasteiger partial charge in [-0.2, -0.15) is 0 Å². The van der Waals surface area contributed by atoms with E-state index in [1.807, 2.05) is 0 Å². The van der Waals surface area contributed by atoms with Crippen LogP contribution in [0, 0.1) is 5.92 Å². The van der Waals surface area contributed by atoms with Crippen molar-refractivity contribution in [1.29, 1.82) is 0 Å². The van der Waals surface area contributed by atoms with Gasteiger partial charge in [-0.15, -0.1) is 0 Å². The van der Waals surface area contributed by atoms with E-state index in [9.17, 15) is 9.59 Å². The molecule has 0 bridgehead atoms. The Morgan fingerprint density at radius 2 is 1.69 bits per heavy atom. The van der Waals surface area contributed by atoms with Gasteiger partial charge in [0.05, 0.1) is 5.57 Å². The number of halogens is 1. The first-order valence-electron chi connectivity index (χ1n) is 8.44. The molecule has 1 aliphatic heterocycles. The van der Waals surface area contributed by atoms with E-state index in [4.69, 9.17) is 16.3 Å². The first-order valence-corrected chi connectivity index (χ1v) is 8.81. The Morgan fingerprint density at radius 1 is 1.00 bits per heavy atom. The molecule has 6 heteroatoms. The van der Waals surface area contributed by atoms with E-state index in [-0.39, 0.29) is 24.3 Å². The van der Waals surface area contributed by atoms with E-state index >= 15 is 0 Å². The predicted octanol–water partition coefficient (Wildman–Crippen LogP) is 4.10. The number of hydrogen-bond donors (Lipinski definition) is 2. The lowest BCUT2D eigenvalue weighted by molar-refractivity contribution is -0.117. The van der Waals surface area contributed by atoms with Gasteiger partial charge in [-0.3, -0.25) is 9.59 Å². The molecule has 26 heavy (non-hydrogen) atoms. The second-order valence-electron chi connectivity index (χ2n) is 6.44. The molecule has 0 spiro atoms. The third-order valence-electron chi connectivity index (χ3n) is 4.33. The molecular weight excluding hydrogens is 352 g/mol. The lowest BCUT2D eigenvalue weighted by Gasteiger charge is -2.18. The number of nitrogens with one attached hydrogen (secondary N) is 2. The number of ether oxygens (including phenoxy) is 1. The van der Waals surface area contributed by atoms with Crippen LogP contribution in [-0.2, 0) is 9.59 Å². The molecule has 0 atom stereocenters. The number of rotatable bonds is 4. The van der Waals surface area contributed by atoms with Gasteiger partial charge >= 0.3 is 0 Å². The van der Waals surface area contributed by atoms with Crippen LogP contribution < -0.4 is 15.4 Å². The topological polar surface area (TPSA) is 67.4 Å². The van der Waals surface area contributed by atoms with Crippen LogP contribution >= 0.6 is 11.6 Å². The van der Waals surface area contributed by atoms with Crippen molar-refractivity contribution in [2.24, 2.45) is 5.92 Å². The summed E-state index contributed by atoms with van der Waals surface area (Å²) >= 11 is 5.99. The van der Waals surface area contributed by atoms with Crippen molar-refractivity contribution in [3.05, 3.63) is 58.6 Å². The minimum absolute atomic E-state index is 0.0589. The fraction of sp³-hybridized carbons (Fsp3) is 0.200. The van der Waals surface area contributed by atoms with E-state index in [1.165, 1.54) is 0 Å². The number of amides is 2. The lowest BCUT2D eigenvalue weighted by Crippen LogP contribution is -2.21. The van der Waals surface area contributed by atoms with Crippen LogP contribution in [-0.4, -0.2) is 18.4 Å². The molecular formula is C20H17ClN2O3. The Morgan fingerprint density at radius 3 is 2.38 bits per heavy atom. The molecule has 1 heterocycles. The van der Waals surface area contributed by atoms with Crippen LogP contribution in [0.25, 0.3) is 6.08 Å². The van der Waals surface area contributed by atoms with E-state index in [1.54, 1.807) is 48.5 Å². The van der Waals surface area contributed by atoms with Gasteiger partial charge in [0.15, 0.2) is 0 Å². The summed E-state index contributed by atoms with van der Waals surface area (Å²) in [7, 11) is 0. The summed E-state index contributed by atoms with van der Waals surface area (Å²) in [6.45, 7) is 0.204. The number of anilines is 2. The van der Waals surface area contributed by atoms with E-state index in [0.29, 0.717) is 22.0 Å². The van der Waals surface area contributed by atoms with Crippen molar-refractivity contribution >= 4 is 40.9 Å². The molecule has 0 saturated heterocycles. The second-order valence-corrected chi connectivity index (χ2v) is 6.87. The third kappa shape index (κ3) is 3.73. The monoisotopic (exact) mass is 368 g/mol. The summed E-state index contributed by atoms with van der Waals surface area (Å²) in [5.74, 6) is 0.694. The highest BCUT2D eigenvalue weighted by molar-refractivity contribution is 6.30. The predicted molar refractivity (Wildman–Crippen MR) is 101 cm³/mol. The third-order valence-corrected chi connectivity index (χ3v) is 4.57. The van der Waals surface area contributed by atoms with Crippen molar-refractivity contribution in [1.82, 2.24) is 0 Å². The van der Waals surface area contributed by atoms with Gasteiger partial charge in [0.2, 0.25) is 5.91 Å². The van der Waals surface area contributed by atoms with Crippen molar-refractivity contribution in [3.63, 3.8) is 0 Å². The number of carbonyl (C=O) groups is 2. The molecule has 1 aliphatic carbocycles. The van der Waals surface area contributed by atoms with E-state index in [0.717, 1.165) is 24.1 Å². The van der Waals surface area contributed by atoms with Crippen molar-refractivity contribution in [2.75, 3.05) is 17.2 Å². The molecule has 132 valence electrons. The maximum Gasteiger partial charge on any atom is 0.255 e. The van der Waals surface area contributed by atoms with Crippen LogP contribution in [0.5, 0.6) is 5.75 Å². The van der Waals surface area contributed by atoms with Gasteiger partial charge in [-0.05, 0) is 61.4 Å². The second kappa shape index (κ2) is 6.84. The molecule has 0 unspecified atom stereocenters. The molecule has 2 N–H and O–H groups in total. The molecule has 2 aromatic rings. The summed E-state index contributed by atoms with van der Waals surface area (Å²) in [6, 6.07) is 12.4. The highest BCUT2D eigenvalue weighted by Crippen LogP contribution is 2.31. The zero-order valence-corrected chi connectivity index (χ0v) is 14.7. The first kappa shape index (κ1) is 16.7. The largest absolute Gasteiger partial charge is 0.488 e. The van der Waals surface area contributed by atoms with Gasteiger partial charge in [0.25, 0.3) is 5.91 Å². The molecule has 2 aromatic carbocycles. The normalized spacial score (nSPS) is 15.3. The zero-order valence-electron chi connectivity index (χ0n) is 13.9. The van der Waals surface area contributed by atoms with Crippen molar-refractivity contribution in [3.8, 4) is 5.75 Å². The molecule has 2 amide bonds. The Hall–Kier alpha value is -2.79. The number of hydrogen-bond acceptors (Lipinski definition) is 3. The zero-order chi connectivity index (χ0) is 18.1. The Labute approximate surface area is 156 Å². The van der Waals surface area contributed by atoms with Crippen LogP contribution in [0.15, 0.2) is 48.0 Å². The van der Waals surface area contributed by atoms with Crippen LogP contribution in [0.2, 0.25) is 5.02 Å². The van der Waals surface area contributed by atoms with Gasteiger partial charge < -0.3 is 15.4 Å². The van der Waals surface area contributed by atoms with E-state index in [2.05, 4.69) is 10.6 Å². The minimum Gasteiger partial charge on any atom is -0.488 e. The summed E-state index contributed by atoms with van der Waals surface area (Å²) in [4.78, 5) is 24.2. The smallest absolute Gasteiger partial charge is 0.255 e. The van der Waals surface area contributed by atoms with Crippen molar-refractivity contribution in [2.45, 2.75) is 12.8 Å². The van der Waals surface area contributed by atoms with Gasteiger partial charge in [0, 0.05) is 27.9 Å². The van der Waals surface area contributed by atoms with E-state index < -0.39 is 0 Å². The fourth-order valence-corrected chi connectivity index (χ4v) is 2.90. The molecule has 5 nitrogen and oxygen atoms in total. The minimum atomic E-state index is -0.231. The molecule has 1 fully saturated rings. The highest BCUT2D eigenvalue weighted by Gasteiger charge is 2.29. The lowest BCUT2D eigenvalue weighted by atomic mass is 10.1. The molecule has 0 aromatic heterocycles. The summed E-state index contributed by atoms with van der Waals surface area (Å²) in [5, 5.41) is 6.30. The molecule has 1 saturated carbocycles. The molecule has 4 rings (SSSR count). The van der Waals surface area contributed by atoms with Crippen LogP contribution in [0.3, 0.4) is 0 Å². The summed E-state index contributed by atoms with van der Waals surface area (Å²) in [6.07, 6.45) is 3.71. The van der Waals surface area contributed by atoms with Crippen molar-refractivity contribution < 1.29 is 14.3 Å². The summed E-state index contributed by atoms with van der Waals surface area (Å²) in [5.41, 5.74) is 2.68. The van der Waals surface area contributed by atoms with Crippen LogP contribution in [0.1, 0.15) is 18.4 Å². The molecule has 0 radical (unpaired) electrons. The van der Waals surface area contributed by atoms with Crippen LogP contribution in [0.4, 0.5) is 11.4 Å². The SMILES string of the molecule is O=C(Nc1ccc(NC(=O)C2CC2)cc1)C1=Cc2cc(Cl)ccc2OC1. The first-order chi connectivity index (χ1) is 12.6. The quantitative estimate of drug-likeness (QED) is 0.853. The average molecular weight is 369 g/mol. The highest BCUT2D eigenvalue weighted by atomic mass is 35.5. The maximum atomic E-state index is 12.5. The standard InChI is InChI=1S/C20H17ClN2O3/c21-15-3-8-18-13(10-15)9-14(11-26-18)20(25)23-17-6-4-16(5-7-17)22-19(24)12-1-2-12/h3-10,12H,1-2,11H2,(H,22,24)(H,23,25). The van der Waals surface area contributed by atoms with Gasteiger partial charge in [0.1, 0.15) is 12.4 Å². The Balaban J connectivity index is 1.42. The fourth-order valence-electron chi connectivity index (χ4n) is 2.72. The maximum absolute atomic E-state index is 12.5.